The molecule has 0 spiro atoms. The van der Waals surface area contributed by atoms with Crippen LogP contribution in [0.5, 0.6) is 0 Å². The minimum Gasteiger partial charge on any atom is -0.356 e. The molecule has 2 rings (SSSR count). The van der Waals surface area contributed by atoms with Crippen LogP contribution in [0.3, 0.4) is 0 Å². The minimum atomic E-state index is 0.238. The molecule has 2 fully saturated rings. The topological polar surface area (TPSA) is 41.1 Å². The summed E-state index contributed by atoms with van der Waals surface area (Å²) in [5.41, 5.74) is 0.721. The van der Waals surface area contributed by atoms with Crippen LogP contribution < -0.4 is 10.6 Å². The van der Waals surface area contributed by atoms with Crippen LogP contribution in [-0.2, 0) is 4.79 Å². The summed E-state index contributed by atoms with van der Waals surface area (Å²) in [6, 6.07) is 0. The molecule has 1 heterocycles. The number of hydrogen-bond acceptors (Lipinski definition) is 2. The van der Waals surface area contributed by atoms with Gasteiger partial charge in [-0.3, -0.25) is 4.79 Å². The van der Waals surface area contributed by atoms with Crippen LogP contribution in [0.4, 0.5) is 0 Å². The lowest BCUT2D eigenvalue weighted by molar-refractivity contribution is -0.122. The second-order valence-electron chi connectivity index (χ2n) is 8.09. The SMILES string of the molecule is CC(CC(=O)NCC1C(C)(C)C1(C)C)C1CCCNC1. The van der Waals surface area contributed by atoms with Gasteiger partial charge in [0.15, 0.2) is 0 Å². The molecule has 3 nitrogen and oxygen atoms in total. The fraction of sp³-hybridized carbons (Fsp3) is 0.941. The number of nitrogens with one attached hydrogen (secondary N) is 2. The maximum atomic E-state index is 12.1. The minimum absolute atomic E-state index is 0.238. The standard InChI is InChI=1S/C17H32N2O/c1-12(13-7-6-8-18-10-13)9-15(20)19-11-14-16(2,3)17(14,4)5/h12-14,18H,6-11H2,1-5H3,(H,19,20). The molecule has 0 radical (unpaired) electrons. The van der Waals surface area contributed by atoms with Crippen molar-refractivity contribution in [3.05, 3.63) is 0 Å². The molecule has 2 unspecified atom stereocenters. The van der Waals surface area contributed by atoms with Gasteiger partial charge in [0.1, 0.15) is 0 Å². The van der Waals surface area contributed by atoms with Crippen molar-refractivity contribution < 1.29 is 4.79 Å². The van der Waals surface area contributed by atoms with Gasteiger partial charge in [-0.2, -0.15) is 0 Å². The van der Waals surface area contributed by atoms with Crippen molar-refractivity contribution in [3.8, 4) is 0 Å². The number of piperidine rings is 1. The van der Waals surface area contributed by atoms with E-state index in [0.29, 0.717) is 35.0 Å². The third-order valence-electron chi connectivity index (χ3n) is 6.47. The van der Waals surface area contributed by atoms with E-state index in [4.69, 9.17) is 0 Å². The molecule has 2 N–H and O–H groups in total. The Labute approximate surface area is 124 Å². The van der Waals surface area contributed by atoms with Crippen LogP contribution in [0, 0.1) is 28.6 Å². The van der Waals surface area contributed by atoms with Crippen molar-refractivity contribution in [2.45, 2.75) is 53.9 Å². The second kappa shape index (κ2) is 5.67. The van der Waals surface area contributed by atoms with E-state index in [9.17, 15) is 4.79 Å². The Balaban J connectivity index is 1.71. The predicted molar refractivity (Wildman–Crippen MR) is 83.4 cm³/mol. The summed E-state index contributed by atoms with van der Waals surface area (Å²) in [6.45, 7) is 14.5. The summed E-state index contributed by atoms with van der Waals surface area (Å²) < 4.78 is 0. The fourth-order valence-corrected chi connectivity index (χ4v) is 3.96. The molecule has 1 saturated heterocycles. The van der Waals surface area contributed by atoms with Crippen LogP contribution in [0.15, 0.2) is 0 Å². The molecule has 20 heavy (non-hydrogen) atoms. The normalized spacial score (nSPS) is 29.8. The molecule has 1 amide bonds. The van der Waals surface area contributed by atoms with Gasteiger partial charge >= 0.3 is 0 Å². The van der Waals surface area contributed by atoms with Gasteiger partial charge in [-0.05, 0) is 54.5 Å². The van der Waals surface area contributed by atoms with Crippen molar-refractivity contribution in [1.82, 2.24) is 10.6 Å². The highest BCUT2D eigenvalue weighted by atomic mass is 16.1. The van der Waals surface area contributed by atoms with Crippen molar-refractivity contribution >= 4 is 5.91 Å². The highest BCUT2D eigenvalue weighted by molar-refractivity contribution is 5.76. The van der Waals surface area contributed by atoms with E-state index in [0.717, 1.165) is 19.6 Å². The third kappa shape index (κ3) is 3.03. The van der Waals surface area contributed by atoms with E-state index >= 15 is 0 Å². The number of amides is 1. The Kier molecular flexibility index (Phi) is 4.48. The van der Waals surface area contributed by atoms with Gasteiger partial charge in [-0.1, -0.05) is 34.6 Å². The number of rotatable bonds is 5. The Morgan fingerprint density at radius 3 is 2.45 bits per heavy atom. The largest absolute Gasteiger partial charge is 0.356 e. The maximum absolute atomic E-state index is 12.1. The summed E-state index contributed by atoms with van der Waals surface area (Å²) in [5.74, 6) is 2.01. The first kappa shape index (κ1) is 15.8. The molecule has 116 valence electrons. The molecule has 0 bridgehead atoms. The van der Waals surface area contributed by atoms with Gasteiger partial charge in [0, 0.05) is 13.0 Å². The van der Waals surface area contributed by atoms with Gasteiger partial charge in [0.25, 0.3) is 0 Å². The molecule has 3 heteroatoms. The monoisotopic (exact) mass is 280 g/mol. The van der Waals surface area contributed by atoms with Crippen molar-refractivity contribution in [2.75, 3.05) is 19.6 Å². The number of hydrogen-bond donors (Lipinski definition) is 2. The number of carbonyl (C=O) groups is 1. The maximum Gasteiger partial charge on any atom is 0.220 e. The molecule has 0 aromatic rings. The fourth-order valence-electron chi connectivity index (χ4n) is 3.96. The molecule has 1 aliphatic carbocycles. The lowest BCUT2D eigenvalue weighted by Crippen LogP contribution is -2.36. The lowest BCUT2D eigenvalue weighted by Gasteiger charge is -2.28. The summed E-state index contributed by atoms with van der Waals surface area (Å²) in [7, 11) is 0. The van der Waals surface area contributed by atoms with Crippen LogP contribution in [-0.4, -0.2) is 25.5 Å². The van der Waals surface area contributed by atoms with E-state index in [-0.39, 0.29) is 5.91 Å². The molecule has 2 atom stereocenters. The zero-order chi connectivity index (χ0) is 15.0. The molecule has 2 aliphatic rings. The molecule has 1 saturated carbocycles. The highest BCUT2D eigenvalue weighted by Crippen LogP contribution is 2.67. The van der Waals surface area contributed by atoms with E-state index < -0.39 is 0 Å². The Morgan fingerprint density at radius 2 is 1.95 bits per heavy atom. The van der Waals surface area contributed by atoms with Gasteiger partial charge in [0.2, 0.25) is 5.91 Å². The lowest BCUT2D eigenvalue weighted by atomic mass is 9.85. The van der Waals surface area contributed by atoms with Gasteiger partial charge in [-0.25, -0.2) is 0 Å². The van der Waals surface area contributed by atoms with E-state index in [1.54, 1.807) is 0 Å². The smallest absolute Gasteiger partial charge is 0.220 e. The van der Waals surface area contributed by atoms with Gasteiger partial charge in [-0.15, -0.1) is 0 Å². The summed E-state index contributed by atoms with van der Waals surface area (Å²) in [4.78, 5) is 12.1. The van der Waals surface area contributed by atoms with E-state index in [2.05, 4.69) is 45.3 Å². The molecular formula is C17H32N2O. The van der Waals surface area contributed by atoms with Gasteiger partial charge in [0.05, 0.1) is 0 Å². The van der Waals surface area contributed by atoms with Gasteiger partial charge < -0.3 is 10.6 Å². The zero-order valence-electron chi connectivity index (χ0n) is 13.9. The summed E-state index contributed by atoms with van der Waals surface area (Å²) in [5, 5.41) is 6.61. The Bertz CT molecular complexity index is 342. The Hall–Kier alpha value is -0.570. The quantitative estimate of drug-likeness (QED) is 0.813. The first-order valence-corrected chi connectivity index (χ1v) is 8.24. The van der Waals surface area contributed by atoms with E-state index in [1.165, 1.54) is 12.8 Å². The molecular weight excluding hydrogens is 248 g/mol. The van der Waals surface area contributed by atoms with Crippen LogP contribution in [0.25, 0.3) is 0 Å². The van der Waals surface area contributed by atoms with Crippen molar-refractivity contribution in [2.24, 2.45) is 28.6 Å². The summed E-state index contributed by atoms with van der Waals surface area (Å²) in [6.07, 6.45) is 3.20. The van der Waals surface area contributed by atoms with Crippen LogP contribution >= 0.6 is 0 Å². The third-order valence-corrected chi connectivity index (χ3v) is 6.47. The number of carbonyl (C=O) groups excluding carboxylic acids is 1. The first-order chi connectivity index (χ1) is 9.26. The van der Waals surface area contributed by atoms with Crippen LogP contribution in [0.1, 0.15) is 53.9 Å². The molecule has 0 aromatic carbocycles. The second-order valence-corrected chi connectivity index (χ2v) is 8.09. The molecule has 1 aliphatic heterocycles. The average molecular weight is 280 g/mol. The molecule has 0 aromatic heterocycles. The van der Waals surface area contributed by atoms with E-state index in [1.807, 2.05) is 0 Å². The zero-order valence-corrected chi connectivity index (χ0v) is 13.9. The van der Waals surface area contributed by atoms with Crippen LogP contribution in [0.2, 0.25) is 0 Å². The average Bonchev–Trinajstić information content (AvgIpc) is 2.78. The Morgan fingerprint density at radius 1 is 1.30 bits per heavy atom. The highest BCUT2D eigenvalue weighted by Gasteiger charge is 2.64. The van der Waals surface area contributed by atoms with Crippen molar-refractivity contribution in [3.63, 3.8) is 0 Å². The van der Waals surface area contributed by atoms with Crippen molar-refractivity contribution in [1.29, 1.82) is 0 Å². The first-order valence-electron chi connectivity index (χ1n) is 8.24. The predicted octanol–water partition coefficient (Wildman–Crippen LogP) is 2.81. The summed E-state index contributed by atoms with van der Waals surface area (Å²) >= 11 is 0.